The molecule has 0 saturated carbocycles. The van der Waals surface area contributed by atoms with E-state index in [9.17, 15) is 18.4 Å². The number of halogens is 2. The lowest BCUT2D eigenvalue weighted by Gasteiger charge is -2.31. The van der Waals surface area contributed by atoms with Crippen molar-refractivity contribution < 1.29 is 18.4 Å². The molecule has 1 atom stereocenters. The molecule has 4 amide bonds. The highest BCUT2D eigenvalue weighted by atomic mass is 19.2. The first-order chi connectivity index (χ1) is 15.9. The van der Waals surface area contributed by atoms with Crippen LogP contribution in [0.15, 0.2) is 42.6 Å². The summed E-state index contributed by atoms with van der Waals surface area (Å²) in [5, 5.41) is 2.81. The SMILES string of the molecule is CN1C(=O)N(C(=O)NCCCN2CCC(c3ccccn3)CC2)CC1c1ccc(F)c(F)c1. The largest absolute Gasteiger partial charge is 0.338 e. The molecule has 2 saturated heterocycles. The number of hydrogen-bond donors (Lipinski definition) is 1. The van der Waals surface area contributed by atoms with Crippen LogP contribution in [0.5, 0.6) is 0 Å². The highest BCUT2D eigenvalue weighted by Gasteiger charge is 2.39. The van der Waals surface area contributed by atoms with Crippen molar-refractivity contribution in [3.05, 3.63) is 65.5 Å². The maximum absolute atomic E-state index is 13.6. The molecule has 0 spiro atoms. The van der Waals surface area contributed by atoms with Gasteiger partial charge in [-0.25, -0.2) is 23.3 Å². The fourth-order valence-corrected chi connectivity index (χ4v) is 4.58. The molecule has 2 fully saturated rings. The van der Waals surface area contributed by atoms with Crippen molar-refractivity contribution in [1.29, 1.82) is 0 Å². The van der Waals surface area contributed by atoms with E-state index in [1.807, 2.05) is 18.3 Å². The van der Waals surface area contributed by atoms with E-state index < -0.39 is 29.7 Å². The van der Waals surface area contributed by atoms with Crippen molar-refractivity contribution >= 4 is 12.1 Å². The Balaban J connectivity index is 1.20. The lowest BCUT2D eigenvalue weighted by atomic mass is 9.93. The Morgan fingerprint density at radius 1 is 1.15 bits per heavy atom. The molecule has 0 bridgehead atoms. The molecule has 9 heteroatoms. The van der Waals surface area contributed by atoms with Crippen LogP contribution in [-0.4, -0.2) is 71.5 Å². The standard InChI is InChI=1S/C24H29F2N5O2/c1-29-22(18-6-7-19(25)20(26)15-18)16-31(24(29)33)23(32)28-11-4-12-30-13-8-17(9-14-30)21-5-2-3-10-27-21/h2-3,5-7,10,15,17,22H,4,8-9,11-14,16H2,1H3,(H,28,32). The molecule has 3 heterocycles. The third-order valence-electron chi connectivity index (χ3n) is 6.55. The number of likely N-dealkylation sites (tertiary alicyclic amines) is 1. The van der Waals surface area contributed by atoms with Gasteiger partial charge in [-0.1, -0.05) is 12.1 Å². The van der Waals surface area contributed by atoms with E-state index in [-0.39, 0.29) is 6.54 Å². The van der Waals surface area contributed by atoms with Crippen molar-refractivity contribution in [2.75, 3.05) is 39.8 Å². The van der Waals surface area contributed by atoms with E-state index >= 15 is 0 Å². The van der Waals surface area contributed by atoms with Crippen molar-refractivity contribution in [2.24, 2.45) is 0 Å². The van der Waals surface area contributed by atoms with Crippen LogP contribution in [-0.2, 0) is 0 Å². The second kappa shape index (κ2) is 10.2. The van der Waals surface area contributed by atoms with Crippen molar-refractivity contribution in [3.8, 4) is 0 Å². The molecule has 1 aromatic heterocycles. The summed E-state index contributed by atoms with van der Waals surface area (Å²) in [6, 6.07) is 8.15. The number of pyridine rings is 1. The average Bonchev–Trinajstić information content (AvgIpc) is 3.14. The summed E-state index contributed by atoms with van der Waals surface area (Å²) in [6.07, 6.45) is 4.77. The van der Waals surface area contributed by atoms with Gasteiger partial charge in [-0.3, -0.25) is 4.98 Å². The number of carbonyl (C=O) groups excluding carboxylic acids is 2. The van der Waals surface area contributed by atoms with Crippen molar-refractivity contribution in [2.45, 2.75) is 31.2 Å². The van der Waals surface area contributed by atoms with Crippen molar-refractivity contribution in [1.82, 2.24) is 25.0 Å². The number of urea groups is 2. The Kier molecular flexibility index (Phi) is 7.17. The smallest absolute Gasteiger partial charge is 0.328 e. The van der Waals surface area contributed by atoms with Gasteiger partial charge in [-0.05, 0) is 68.7 Å². The van der Waals surface area contributed by atoms with Crippen LogP contribution in [0.1, 0.15) is 42.5 Å². The summed E-state index contributed by atoms with van der Waals surface area (Å²) in [7, 11) is 1.55. The molecular weight excluding hydrogens is 428 g/mol. The summed E-state index contributed by atoms with van der Waals surface area (Å²) in [5.41, 5.74) is 1.61. The zero-order valence-corrected chi connectivity index (χ0v) is 18.7. The minimum atomic E-state index is -0.972. The molecule has 1 aromatic carbocycles. The molecule has 0 radical (unpaired) electrons. The Morgan fingerprint density at radius 3 is 2.64 bits per heavy atom. The molecular formula is C24H29F2N5O2. The van der Waals surface area contributed by atoms with Gasteiger partial charge in [0, 0.05) is 31.4 Å². The van der Waals surface area contributed by atoms with Crippen LogP contribution >= 0.6 is 0 Å². The maximum atomic E-state index is 13.6. The summed E-state index contributed by atoms with van der Waals surface area (Å²) in [4.78, 5) is 34.4. The van der Waals surface area contributed by atoms with Gasteiger partial charge in [0.1, 0.15) is 0 Å². The molecule has 33 heavy (non-hydrogen) atoms. The van der Waals surface area contributed by atoms with Gasteiger partial charge in [-0.2, -0.15) is 0 Å². The van der Waals surface area contributed by atoms with Gasteiger partial charge in [-0.15, -0.1) is 0 Å². The minimum absolute atomic E-state index is 0.0905. The fraction of sp³-hybridized carbons (Fsp3) is 0.458. The quantitative estimate of drug-likeness (QED) is 0.671. The molecule has 2 aliphatic rings. The second-order valence-electron chi connectivity index (χ2n) is 8.65. The van der Waals surface area contributed by atoms with Crippen LogP contribution in [0.25, 0.3) is 0 Å². The molecule has 176 valence electrons. The average molecular weight is 458 g/mol. The Hall–Kier alpha value is -3.07. The summed E-state index contributed by atoms with van der Waals surface area (Å²) >= 11 is 0. The topological polar surface area (TPSA) is 68.8 Å². The van der Waals surface area contributed by atoms with E-state index in [4.69, 9.17) is 0 Å². The first-order valence-electron chi connectivity index (χ1n) is 11.3. The number of hydrogen-bond acceptors (Lipinski definition) is 4. The van der Waals surface area contributed by atoms with E-state index in [2.05, 4.69) is 21.3 Å². The van der Waals surface area contributed by atoms with Gasteiger partial charge in [0.2, 0.25) is 0 Å². The number of likely N-dealkylation sites (N-methyl/N-ethyl adjacent to an activating group) is 1. The number of nitrogens with zero attached hydrogens (tertiary/aromatic N) is 4. The first-order valence-corrected chi connectivity index (χ1v) is 11.3. The normalized spacial score (nSPS) is 19.8. The number of benzene rings is 1. The van der Waals surface area contributed by atoms with E-state index in [0.717, 1.165) is 61.6 Å². The van der Waals surface area contributed by atoms with Gasteiger partial charge in [0.05, 0.1) is 12.6 Å². The predicted octanol–water partition coefficient (Wildman–Crippen LogP) is 3.75. The van der Waals surface area contributed by atoms with Gasteiger partial charge >= 0.3 is 12.1 Å². The molecule has 0 aliphatic carbocycles. The Bertz CT molecular complexity index is 982. The Morgan fingerprint density at radius 2 is 1.94 bits per heavy atom. The fourth-order valence-electron chi connectivity index (χ4n) is 4.58. The van der Waals surface area contributed by atoms with Crippen LogP contribution in [0, 0.1) is 11.6 Å². The van der Waals surface area contributed by atoms with E-state index in [0.29, 0.717) is 18.0 Å². The highest BCUT2D eigenvalue weighted by Crippen LogP contribution is 2.29. The number of carbonyl (C=O) groups is 2. The number of rotatable bonds is 6. The molecule has 4 rings (SSSR count). The third kappa shape index (κ3) is 5.30. The molecule has 1 N–H and O–H groups in total. The van der Waals surface area contributed by atoms with Gasteiger partial charge < -0.3 is 15.1 Å². The predicted molar refractivity (Wildman–Crippen MR) is 120 cm³/mol. The highest BCUT2D eigenvalue weighted by molar-refractivity contribution is 5.95. The lowest BCUT2D eigenvalue weighted by Crippen LogP contribution is -2.43. The number of piperidine rings is 1. The van der Waals surface area contributed by atoms with E-state index in [1.54, 1.807) is 7.05 Å². The minimum Gasteiger partial charge on any atom is -0.338 e. The number of imide groups is 1. The molecule has 2 aromatic rings. The number of aromatic nitrogens is 1. The first kappa shape index (κ1) is 23.1. The Labute approximate surface area is 192 Å². The summed E-state index contributed by atoms with van der Waals surface area (Å²) < 4.78 is 26.8. The van der Waals surface area contributed by atoms with Crippen LogP contribution < -0.4 is 5.32 Å². The van der Waals surface area contributed by atoms with Crippen LogP contribution in [0.2, 0.25) is 0 Å². The van der Waals surface area contributed by atoms with Crippen molar-refractivity contribution in [3.63, 3.8) is 0 Å². The van der Waals surface area contributed by atoms with Gasteiger partial charge in [0.15, 0.2) is 11.6 Å². The maximum Gasteiger partial charge on any atom is 0.328 e. The van der Waals surface area contributed by atoms with E-state index in [1.165, 1.54) is 11.0 Å². The number of nitrogens with one attached hydrogen (secondary N) is 1. The molecule has 7 nitrogen and oxygen atoms in total. The number of amides is 4. The second-order valence-corrected chi connectivity index (χ2v) is 8.65. The van der Waals surface area contributed by atoms with Crippen LogP contribution in [0.3, 0.4) is 0 Å². The lowest BCUT2D eigenvalue weighted by molar-refractivity contribution is 0.186. The molecule has 1 unspecified atom stereocenters. The summed E-state index contributed by atoms with van der Waals surface area (Å²) in [6.45, 7) is 3.43. The molecule has 2 aliphatic heterocycles. The van der Waals surface area contributed by atoms with Crippen LogP contribution in [0.4, 0.5) is 18.4 Å². The summed E-state index contributed by atoms with van der Waals surface area (Å²) in [5.74, 6) is -1.41. The van der Waals surface area contributed by atoms with Gasteiger partial charge in [0.25, 0.3) is 0 Å². The zero-order chi connectivity index (χ0) is 23.4. The monoisotopic (exact) mass is 457 g/mol. The third-order valence-corrected chi connectivity index (χ3v) is 6.55. The zero-order valence-electron chi connectivity index (χ0n) is 18.7.